The highest BCUT2D eigenvalue weighted by Crippen LogP contribution is 2.23. The van der Waals surface area contributed by atoms with Gasteiger partial charge in [-0.1, -0.05) is 17.7 Å². The summed E-state index contributed by atoms with van der Waals surface area (Å²) in [5.74, 6) is -0.0399. The average Bonchev–Trinajstić information content (AvgIpc) is 2.83. The van der Waals surface area contributed by atoms with Crippen molar-refractivity contribution < 1.29 is 9.53 Å². The van der Waals surface area contributed by atoms with E-state index in [4.69, 9.17) is 16.3 Å². The zero-order valence-corrected chi connectivity index (χ0v) is 14.2. The first-order valence-corrected chi connectivity index (χ1v) is 8.27. The molecular formula is C18H21ClN2O2. The van der Waals surface area contributed by atoms with E-state index in [0.717, 1.165) is 36.5 Å². The number of hydrogen-bond acceptors (Lipinski definition) is 2. The Kier molecular flexibility index (Phi) is 4.74. The first-order chi connectivity index (χ1) is 11.1. The van der Waals surface area contributed by atoms with Crippen LogP contribution in [-0.2, 0) is 4.74 Å². The molecule has 2 heterocycles. The Hall–Kier alpha value is -1.78. The number of halogens is 1. The first kappa shape index (κ1) is 16.1. The minimum Gasteiger partial charge on any atom is -0.379 e. The summed E-state index contributed by atoms with van der Waals surface area (Å²) in [6.45, 7) is 5.34. The number of rotatable bonds is 3. The van der Waals surface area contributed by atoms with Gasteiger partial charge in [0.15, 0.2) is 0 Å². The van der Waals surface area contributed by atoms with E-state index in [0.29, 0.717) is 17.2 Å². The van der Waals surface area contributed by atoms with Gasteiger partial charge in [0.2, 0.25) is 0 Å². The van der Waals surface area contributed by atoms with Crippen molar-refractivity contribution in [1.29, 1.82) is 0 Å². The van der Waals surface area contributed by atoms with Crippen LogP contribution in [-0.4, -0.2) is 29.7 Å². The number of nitrogens with zero attached hydrogens (tertiary/aromatic N) is 1. The van der Waals surface area contributed by atoms with Crippen molar-refractivity contribution in [3.05, 3.63) is 52.3 Å². The van der Waals surface area contributed by atoms with Crippen molar-refractivity contribution >= 4 is 17.5 Å². The van der Waals surface area contributed by atoms with E-state index in [9.17, 15) is 4.79 Å². The maximum atomic E-state index is 12.6. The van der Waals surface area contributed by atoms with Gasteiger partial charge >= 0.3 is 0 Å². The van der Waals surface area contributed by atoms with Gasteiger partial charge < -0.3 is 14.6 Å². The average molecular weight is 333 g/mol. The molecule has 0 aliphatic carbocycles. The van der Waals surface area contributed by atoms with Crippen molar-refractivity contribution in [2.45, 2.75) is 32.7 Å². The Bertz CT molecular complexity index is 718. The molecule has 1 aliphatic heterocycles. The van der Waals surface area contributed by atoms with Crippen LogP contribution in [0.4, 0.5) is 0 Å². The molecule has 1 aromatic heterocycles. The van der Waals surface area contributed by atoms with Crippen LogP contribution < -0.4 is 5.32 Å². The Labute approximate surface area is 141 Å². The first-order valence-electron chi connectivity index (χ1n) is 7.90. The van der Waals surface area contributed by atoms with Crippen LogP contribution in [0.2, 0.25) is 5.02 Å². The summed E-state index contributed by atoms with van der Waals surface area (Å²) in [4.78, 5) is 12.6. The van der Waals surface area contributed by atoms with E-state index >= 15 is 0 Å². The van der Waals surface area contributed by atoms with Gasteiger partial charge in [0.25, 0.3) is 5.91 Å². The number of carbonyl (C=O) groups excluding carboxylic acids is 1. The highest BCUT2D eigenvalue weighted by Gasteiger charge is 2.21. The Morgan fingerprint density at radius 1 is 1.35 bits per heavy atom. The smallest absolute Gasteiger partial charge is 0.253 e. The van der Waals surface area contributed by atoms with Gasteiger partial charge in [-0.25, -0.2) is 0 Å². The third-order valence-corrected chi connectivity index (χ3v) is 4.47. The third-order valence-electron chi connectivity index (χ3n) is 4.24. The molecule has 23 heavy (non-hydrogen) atoms. The van der Waals surface area contributed by atoms with E-state index < -0.39 is 0 Å². The number of benzene rings is 1. The van der Waals surface area contributed by atoms with Crippen LogP contribution in [0.5, 0.6) is 0 Å². The van der Waals surface area contributed by atoms with Gasteiger partial charge in [0, 0.05) is 28.7 Å². The van der Waals surface area contributed by atoms with Crippen LogP contribution in [0.3, 0.4) is 0 Å². The lowest BCUT2D eigenvalue weighted by Crippen LogP contribution is -2.40. The number of ether oxygens (including phenoxy) is 1. The van der Waals surface area contributed by atoms with Crippen LogP contribution >= 0.6 is 11.6 Å². The van der Waals surface area contributed by atoms with Crippen LogP contribution in [0.1, 0.15) is 34.6 Å². The number of aryl methyl sites for hydroxylation is 1. The third kappa shape index (κ3) is 3.43. The molecule has 1 aliphatic rings. The van der Waals surface area contributed by atoms with Crippen molar-refractivity contribution in [1.82, 2.24) is 9.88 Å². The van der Waals surface area contributed by atoms with Crippen molar-refractivity contribution in [2.75, 3.05) is 13.2 Å². The fraction of sp³-hybridized carbons (Fsp3) is 0.389. The van der Waals surface area contributed by atoms with E-state index in [2.05, 4.69) is 9.88 Å². The molecule has 5 heteroatoms. The fourth-order valence-electron chi connectivity index (χ4n) is 3.12. The summed E-state index contributed by atoms with van der Waals surface area (Å²) in [6, 6.07) is 9.67. The molecule has 4 nitrogen and oxygen atoms in total. The molecule has 122 valence electrons. The monoisotopic (exact) mass is 332 g/mol. The van der Waals surface area contributed by atoms with Gasteiger partial charge in [0.1, 0.15) is 0 Å². The summed E-state index contributed by atoms with van der Waals surface area (Å²) >= 11 is 6.09. The minimum atomic E-state index is -0.0399. The van der Waals surface area contributed by atoms with E-state index in [1.807, 2.05) is 44.2 Å². The number of amides is 1. The van der Waals surface area contributed by atoms with E-state index in [1.165, 1.54) is 0 Å². The van der Waals surface area contributed by atoms with Crippen molar-refractivity contribution in [2.24, 2.45) is 0 Å². The lowest BCUT2D eigenvalue weighted by Gasteiger charge is -2.23. The molecule has 2 aromatic rings. The molecule has 1 N–H and O–H groups in total. The van der Waals surface area contributed by atoms with Crippen molar-refractivity contribution in [3.63, 3.8) is 0 Å². The predicted molar refractivity (Wildman–Crippen MR) is 91.6 cm³/mol. The fourth-order valence-corrected chi connectivity index (χ4v) is 3.31. The van der Waals surface area contributed by atoms with Gasteiger partial charge in [-0.15, -0.1) is 0 Å². The molecule has 0 spiro atoms. The summed E-state index contributed by atoms with van der Waals surface area (Å²) < 4.78 is 7.48. The van der Waals surface area contributed by atoms with Crippen LogP contribution in [0, 0.1) is 13.8 Å². The Morgan fingerprint density at radius 2 is 2.17 bits per heavy atom. The molecule has 1 fully saturated rings. The van der Waals surface area contributed by atoms with Gasteiger partial charge in [-0.05, 0) is 51.0 Å². The normalized spacial score (nSPS) is 18.0. The number of aromatic nitrogens is 1. The summed E-state index contributed by atoms with van der Waals surface area (Å²) in [6.07, 6.45) is 1.96. The lowest BCUT2D eigenvalue weighted by atomic mass is 10.1. The highest BCUT2D eigenvalue weighted by atomic mass is 35.5. The molecule has 1 amide bonds. The number of carbonyl (C=O) groups is 1. The molecule has 1 unspecified atom stereocenters. The topological polar surface area (TPSA) is 43.3 Å². The molecule has 3 rings (SSSR count). The summed E-state index contributed by atoms with van der Waals surface area (Å²) in [7, 11) is 0. The number of nitrogens with one attached hydrogen (secondary N) is 1. The molecule has 1 saturated heterocycles. The largest absolute Gasteiger partial charge is 0.379 e. The zero-order chi connectivity index (χ0) is 16.4. The van der Waals surface area contributed by atoms with Crippen LogP contribution in [0.25, 0.3) is 5.69 Å². The molecule has 0 radical (unpaired) electrons. The standard InChI is InChI=1S/C18H21ClN2O2/c1-12-9-17(18(22)20-15-6-4-8-23-11-15)13(2)21(12)16-7-3-5-14(19)10-16/h3,5,7,9-10,15H,4,6,8,11H2,1-2H3,(H,20,22). The van der Waals surface area contributed by atoms with Gasteiger partial charge in [-0.2, -0.15) is 0 Å². The second kappa shape index (κ2) is 6.77. The molecule has 1 atom stereocenters. The highest BCUT2D eigenvalue weighted by molar-refractivity contribution is 6.30. The number of hydrogen-bond donors (Lipinski definition) is 1. The predicted octanol–water partition coefficient (Wildman–Crippen LogP) is 3.66. The SMILES string of the molecule is Cc1cc(C(=O)NC2CCCOC2)c(C)n1-c1cccc(Cl)c1. The molecule has 0 bridgehead atoms. The van der Waals surface area contributed by atoms with Crippen LogP contribution in [0.15, 0.2) is 30.3 Å². The Morgan fingerprint density at radius 3 is 2.87 bits per heavy atom. The second-order valence-corrected chi connectivity index (χ2v) is 6.42. The zero-order valence-electron chi connectivity index (χ0n) is 13.4. The minimum absolute atomic E-state index is 0.0399. The lowest BCUT2D eigenvalue weighted by molar-refractivity contribution is 0.0624. The molecule has 1 aromatic carbocycles. The molecule has 0 saturated carbocycles. The summed E-state index contributed by atoms with van der Waals surface area (Å²) in [5, 5.41) is 3.76. The van der Waals surface area contributed by atoms with E-state index in [1.54, 1.807) is 0 Å². The quantitative estimate of drug-likeness (QED) is 0.932. The maximum Gasteiger partial charge on any atom is 0.253 e. The molecular weight excluding hydrogens is 312 g/mol. The van der Waals surface area contributed by atoms with Gasteiger partial charge in [0.05, 0.1) is 18.2 Å². The maximum absolute atomic E-state index is 12.6. The Balaban J connectivity index is 1.86. The van der Waals surface area contributed by atoms with E-state index in [-0.39, 0.29) is 11.9 Å². The van der Waals surface area contributed by atoms with Crippen molar-refractivity contribution in [3.8, 4) is 5.69 Å². The summed E-state index contributed by atoms with van der Waals surface area (Å²) in [5.41, 5.74) is 3.59. The second-order valence-electron chi connectivity index (χ2n) is 5.99. The van der Waals surface area contributed by atoms with Gasteiger partial charge in [-0.3, -0.25) is 4.79 Å².